The molecule has 0 atom stereocenters. The Balaban J connectivity index is 6.72. The maximum atomic E-state index is 12.7. The van der Waals surface area contributed by atoms with Gasteiger partial charge in [0.2, 0.25) is 0 Å². The van der Waals surface area contributed by atoms with E-state index in [1.807, 2.05) is 32.9 Å². The maximum Gasteiger partial charge on any atom is 0.338 e. The molecular formula is C23H35NO2. The van der Waals surface area contributed by atoms with Crippen molar-refractivity contribution in [2.75, 3.05) is 13.7 Å². The van der Waals surface area contributed by atoms with Gasteiger partial charge in [-0.15, -0.1) is 0 Å². The molecule has 26 heavy (non-hydrogen) atoms. The van der Waals surface area contributed by atoms with Gasteiger partial charge in [-0.3, -0.25) is 4.99 Å². The van der Waals surface area contributed by atoms with E-state index in [2.05, 4.69) is 44.0 Å². The number of hydrogen-bond donors (Lipinski definition) is 0. The highest BCUT2D eigenvalue weighted by Crippen LogP contribution is 2.29. The van der Waals surface area contributed by atoms with Gasteiger partial charge in [0.1, 0.15) is 0 Å². The molecule has 0 N–H and O–H groups in total. The molecule has 3 nitrogen and oxygen atoms in total. The third-order valence-corrected chi connectivity index (χ3v) is 3.81. The smallest absolute Gasteiger partial charge is 0.338 e. The monoisotopic (exact) mass is 357 g/mol. The normalized spacial score (nSPS) is 15.0. The first-order valence-electron chi connectivity index (χ1n) is 9.52. The summed E-state index contributed by atoms with van der Waals surface area (Å²) in [6, 6.07) is 0. The number of ether oxygens (including phenoxy) is 1. The molecule has 0 rings (SSSR count). The first-order valence-corrected chi connectivity index (χ1v) is 9.52. The molecule has 3 heteroatoms. The van der Waals surface area contributed by atoms with Crippen LogP contribution in [0.15, 0.2) is 63.2 Å². The van der Waals surface area contributed by atoms with Crippen LogP contribution in [-0.4, -0.2) is 25.8 Å². The van der Waals surface area contributed by atoms with E-state index < -0.39 is 0 Å². The van der Waals surface area contributed by atoms with Gasteiger partial charge in [0.15, 0.2) is 0 Å². The fraction of sp³-hybridized carbons (Fsp3) is 0.478. The lowest BCUT2D eigenvalue weighted by molar-refractivity contribution is -0.138. The van der Waals surface area contributed by atoms with E-state index >= 15 is 0 Å². The molecule has 0 heterocycles. The fourth-order valence-electron chi connectivity index (χ4n) is 2.58. The van der Waals surface area contributed by atoms with Crippen LogP contribution in [0.1, 0.15) is 60.8 Å². The Morgan fingerprint density at radius 3 is 2.23 bits per heavy atom. The standard InChI is InChI=1S/C23H35NO2/c1-8-13-15-21(18(6)14-9-2)22(19(11-4)17-24-7)20(12-5)23(25)26-16-10-3/h11-15,17H,8-10,16H2,1-7H3/b15-13-,18-14+,19-11+,20-12+,22-21-,24-17?. The molecular weight excluding hydrogens is 322 g/mol. The minimum absolute atomic E-state index is 0.292. The number of carbonyl (C=O) groups is 1. The van der Waals surface area contributed by atoms with Crippen molar-refractivity contribution in [2.45, 2.75) is 60.8 Å². The first kappa shape index (κ1) is 23.8. The van der Waals surface area contributed by atoms with Crippen LogP contribution < -0.4 is 0 Å². The summed E-state index contributed by atoms with van der Waals surface area (Å²) in [5, 5.41) is 0. The molecule has 0 radical (unpaired) electrons. The van der Waals surface area contributed by atoms with Crippen LogP contribution in [0.2, 0.25) is 0 Å². The summed E-state index contributed by atoms with van der Waals surface area (Å²) in [4.78, 5) is 16.9. The lowest BCUT2D eigenvalue weighted by Crippen LogP contribution is -2.14. The van der Waals surface area contributed by atoms with E-state index in [1.54, 1.807) is 13.3 Å². The van der Waals surface area contributed by atoms with Gasteiger partial charge in [-0.1, -0.05) is 51.2 Å². The molecule has 144 valence electrons. The van der Waals surface area contributed by atoms with Crippen molar-refractivity contribution in [1.29, 1.82) is 0 Å². The van der Waals surface area contributed by atoms with Crippen LogP contribution in [0.4, 0.5) is 0 Å². The zero-order chi connectivity index (χ0) is 19.9. The summed E-state index contributed by atoms with van der Waals surface area (Å²) < 4.78 is 5.44. The van der Waals surface area contributed by atoms with Gasteiger partial charge in [-0.25, -0.2) is 4.79 Å². The molecule has 0 saturated carbocycles. The van der Waals surface area contributed by atoms with Gasteiger partial charge >= 0.3 is 5.97 Å². The Labute approximate surface area is 159 Å². The van der Waals surface area contributed by atoms with E-state index in [9.17, 15) is 4.79 Å². The molecule has 0 bridgehead atoms. The fourth-order valence-corrected chi connectivity index (χ4v) is 2.58. The second kappa shape index (κ2) is 14.1. The second-order valence-electron chi connectivity index (χ2n) is 5.86. The minimum atomic E-state index is -0.292. The van der Waals surface area contributed by atoms with Gasteiger partial charge in [0.25, 0.3) is 0 Å². The Morgan fingerprint density at radius 2 is 1.77 bits per heavy atom. The Bertz CT molecular complexity index is 629. The van der Waals surface area contributed by atoms with Crippen molar-refractivity contribution in [2.24, 2.45) is 4.99 Å². The molecule has 0 unspecified atom stereocenters. The van der Waals surface area contributed by atoms with Crippen molar-refractivity contribution in [3.05, 3.63) is 58.2 Å². The van der Waals surface area contributed by atoms with Crippen molar-refractivity contribution < 1.29 is 9.53 Å². The third kappa shape index (κ3) is 7.38. The summed E-state index contributed by atoms with van der Waals surface area (Å²) in [6.07, 6.45) is 14.7. The van der Waals surface area contributed by atoms with Gasteiger partial charge in [-0.05, 0) is 56.8 Å². The van der Waals surface area contributed by atoms with Crippen molar-refractivity contribution in [1.82, 2.24) is 0 Å². The van der Waals surface area contributed by atoms with E-state index in [0.717, 1.165) is 41.6 Å². The van der Waals surface area contributed by atoms with Crippen molar-refractivity contribution in [3.8, 4) is 0 Å². The molecule has 0 aromatic heterocycles. The number of aliphatic imine (C=N–C) groups is 1. The molecule has 0 aliphatic rings. The summed E-state index contributed by atoms with van der Waals surface area (Å²) in [5.41, 5.74) is 4.52. The molecule has 0 aromatic rings. The lowest BCUT2D eigenvalue weighted by atomic mass is 9.88. The number of allylic oxidation sites excluding steroid dienone is 8. The van der Waals surface area contributed by atoms with E-state index in [4.69, 9.17) is 4.74 Å². The van der Waals surface area contributed by atoms with E-state index in [0.29, 0.717) is 12.2 Å². The quantitative estimate of drug-likeness (QED) is 0.203. The predicted octanol–water partition coefficient (Wildman–Crippen LogP) is 6.15. The number of esters is 1. The highest BCUT2D eigenvalue weighted by Gasteiger charge is 2.21. The summed E-state index contributed by atoms with van der Waals surface area (Å²) >= 11 is 0. The molecule has 0 aromatic carbocycles. The van der Waals surface area contributed by atoms with Gasteiger partial charge in [-0.2, -0.15) is 0 Å². The zero-order valence-electron chi connectivity index (χ0n) is 17.6. The van der Waals surface area contributed by atoms with E-state index in [1.165, 1.54) is 0 Å². The summed E-state index contributed by atoms with van der Waals surface area (Å²) in [5.74, 6) is -0.292. The number of nitrogens with zero attached hydrogens (tertiary/aromatic N) is 1. The van der Waals surface area contributed by atoms with Crippen LogP contribution in [0.25, 0.3) is 0 Å². The van der Waals surface area contributed by atoms with Gasteiger partial charge < -0.3 is 4.74 Å². The number of carbonyl (C=O) groups excluding carboxylic acids is 1. The van der Waals surface area contributed by atoms with E-state index in [-0.39, 0.29) is 5.97 Å². The predicted molar refractivity (Wildman–Crippen MR) is 114 cm³/mol. The van der Waals surface area contributed by atoms with Crippen LogP contribution >= 0.6 is 0 Å². The molecule has 0 spiro atoms. The lowest BCUT2D eigenvalue weighted by Gasteiger charge is -2.17. The number of rotatable bonds is 10. The van der Waals surface area contributed by atoms with Gasteiger partial charge in [0, 0.05) is 18.8 Å². The maximum absolute atomic E-state index is 12.7. The summed E-state index contributed by atoms with van der Waals surface area (Å²) in [7, 11) is 1.74. The molecule has 0 fully saturated rings. The molecule has 0 amide bonds. The Kier molecular flexibility index (Phi) is 12.9. The van der Waals surface area contributed by atoms with Crippen molar-refractivity contribution in [3.63, 3.8) is 0 Å². The average Bonchev–Trinajstić information content (AvgIpc) is 2.64. The van der Waals surface area contributed by atoms with Crippen molar-refractivity contribution >= 4 is 12.2 Å². The molecule has 0 aliphatic heterocycles. The number of hydrogen-bond acceptors (Lipinski definition) is 3. The molecule has 0 aliphatic carbocycles. The Hall–Kier alpha value is -2.16. The Morgan fingerprint density at radius 1 is 1.08 bits per heavy atom. The molecule has 0 saturated heterocycles. The van der Waals surface area contributed by atoms with Crippen LogP contribution in [0.5, 0.6) is 0 Å². The average molecular weight is 358 g/mol. The highest BCUT2D eigenvalue weighted by molar-refractivity contribution is 6.01. The zero-order valence-corrected chi connectivity index (χ0v) is 17.6. The largest absolute Gasteiger partial charge is 0.462 e. The minimum Gasteiger partial charge on any atom is -0.462 e. The SMILES string of the molecule is C/C=C(C=NC)/C(=C(\C=C/CC)C(/C)=C/CC)C(=C\C)/C(=O)OCCC. The third-order valence-electron chi connectivity index (χ3n) is 3.81. The topological polar surface area (TPSA) is 38.7 Å². The van der Waals surface area contributed by atoms with Crippen LogP contribution in [-0.2, 0) is 9.53 Å². The summed E-state index contributed by atoms with van der Waals surface area (Å²) in [6.45, 7) is 12.5. The van der Waals surface area contributed by atoms with Crippen LogP contribution in [0.3, 0.4) is 0 Å². The highest BCUT2D eigenvalue weighted by atomic mass is 16.5. The van der Waals surface area contributed by atoms with Gasteiger partial charge in [0.05, 0.1) is 12.2 Å². The first-order chi connectivity index (χ1) is 12.5. The van der Waals surface area contributed by atoms with Crippen LogP contribution in [0, 0.1) is 0 Å². The second-order valence-corrected chi connectivity index (χ2v) is 5.86.